The van der Waals surface area contributed by atoms with Crippen molar-refractivity contribution in [1.29, 1.82) is 0 Å². The maximum Gasteiger partial charge on any atom is 0.122 e. The molecular weight excluding hydrogens is 200 g/mol. The second-order valence-electron chi connectivity index (χ2n) is 4.46. The van der Waals surface area contributed by atoms with E-state index in [-0.39, 0.29) is 12.1 Å². The Morgan fingerprint density at radius 1 is 1.38 bits per heavy atom. The monoisotopic (exact) mass is 224 g/mol. The van der Waals surface area contributed by atoms with Crippen LogP contribution in [-0.2, 0) is 0 Å². The van der Waals surface area contributed by atoms with Gasteiger partial charge in [-0.3, -0.25) is 4.90 Å². The zero-order valence-electron chi connectivity index (χ0n) is 10.8. The van der Waals surface area contributed by atoms with E-state index in [1.807, 2.05) is 12.1 Å². The molecule has 0 saturated carbocycles. The van der Waals surface area contributed by atoms with E-state index in [0.29, 0.717) is 6.04 Å². The minimum atomic E-state index is 0.119. The number of furan rings is 1. The molecule has 0 aliphatic heterocycles. The van der Waals surface area contributed by atoms with Gasteiger partial charge in [0.05, 0.1) is 12.3 Å². The summed E-state index contributed by atoms with van der Waals surface area (Å²) in [4.78, 5) is 2.38. The summed E-state index contributed by atoms with van der Waals surface area (Å²) in [6.45, 7) is 9.66. The van der Waals surface area contributed by atoms with Crippen molar-refractivity contribution in [3.8, 4) is 0 Å². The van der Waals surface area contributed by atoms with Gasteiger partial charge < -0.3 is 10.2 Å². The third-order valence-electron chi connectivity index (χ3n) is 3.10. The molecule has 0 saturated heterocycles. The number of likely N-dealkylation sites (N-methyl/N-ethyl adjacent to an activating group) is 1. The molecule has 16 heavy (non-hydrogen) atoms. The fraction of sp³-hybridized carbons (Fsp3) is 0.692. The first-order chi connectivity index (χ1) is 7.61. The van der Waals surface area contributed by atoms with E-state index in [2.05, 4.69) is 32.6 Å². The van der Waals surface area contributed by atoms with Crippen molar-refractivity contribution in [1.82, 2.24) is 4.90 Å². The molecule has 2 N–H and O–H groups in total. The summed E-state index contributed by atoms with van der Waals surface area (Å²) in [6.07, 6.45) is 2.67. The van der Waals surface area contributed by atoms with Crippen LogP contribution >= 0.6 is 0 Å². The van der Waals surface area contributed by atoms with E-state index in [0.717, 1.165) is 18.7 Å². The first-order valence-corrected chi connectivity index (χ1v) is 6.16. The standard InChI is InChI=1S/C13H24N2O/c1-5-11(14)13(12-8-7-9-16-12)15(6-2)10(3)4/h7-11,13H,5-6,14H2,1-4H3. The summed E-state index contributed by atoms with van der Waals surface area (Å²) in [5.41, 5.74) is 6.22. The topological polar surface area (TPSA) is 42.4 Å². The minimum absolute atomic E-state index is 0.119. The molecule has 3 heteroatoms. The molecule has 0 spiro atoms. The lowest BCUT2D eigenvalue weighted by Gasteiger charge is -2.36. The average molecular weight is 224 g/mol. The molecule has 2 unspecified atom stereocenters. The van der Waals surface area contributed by atoms with Gasteiger partial charge in [-0.2, -0.15) is 0 Å². The van der Waals surface area contributed by atoms with E-state index in [1.165, 1.54) is 0 Å². The van der Waals surface area contributed by atoms with Gasteiger partial charge in [0.15, 0.2) is 0 Å². The SMILES string of the molecule is CCC(N)C(c1ccco1)N(CC)C(C)C. The van der Waals surface area contributed by atoms with Crippen molar-refractivity contribution < 1.29 is 4.42 Å². The molecule has 1 aromatic rings. The number of hydrogen-bond acceptors (Lipinski definition) is 3. The predicted molar refractivity (Wildman–Crippen MR) is 67.2 cm³/mol. The molecule has 1 aromatic heterocycles. The van der Waals surface area contributed by atoms with Crippen LogP contribution in [0.3, 0.4) is 0 Å². The number of rotatable bonds is 6. The molecular formula is C13H24N2O. The van der Waals surface area contributed by atoms with Gasteiger partial charge in [-0.05, 0) is 38.9 Å². The van der Waals surface area contributed by atoms with Crippen LogP contribution < -0.4 is 5.73 Å². The average Bonchev–Trinajstić information content (AvgIpc) is 2.77. The van der Waals surface area contributed by atoms with E-state index < -0.39 is 0 Å². The lowest BCUT2D eigenvalue weighted by molar-refractivity contribution is 0.120. The van der Waals surface area contributed by atoms with Crippen molar-refractivity contribution in [3.63, 3.8) is 0 Å². The van der Waals surface area contributed by atoms with Gasteiger partial charge >= 0.3 is 0 Å². The molecule has 0 aromatic carbocycles. The molecule has 1 rings (SSSR count). The second-order valence-corrected chi connectivity index (χ2v) is 4.46. The van der Waals surface area contributed by atoms with Crippen molar-refractivity contribution in [2.45, 2.75) is 52.2 Å². The number of hydrogen-bond donors (Lipinski definition) is 1. The Bertz CT molecular complexity index is 282. The van der Waals surface area contributed by atoms with Gasteiger partial charge in [0.25, 0.3) is 0 Å². The zero-order chi connectivity index (χ0) is 12.1. The maximum absolute atomic E-state index is 6.22. The lowest BCUT2D eigenvalue weighted by Crippen LogP contribution is -2.44. The molecule has 0 aliphatic carbocycles. The fourth-order valence-corrected chi connectivity index (χ4v) is 2.19. The van der Waals surface area contributed by atoms with Crippen LogP contribution in [0.4, 0.5) is 0 Å². The van der Waals surface area contributed by atoms with Crippen LogP contribution in [0.25, 0.3) is 0 Å². The maximum atomic E-state index is 6.22. The Balaban J connectivity index is 2.95. The van der Waals surface area contributed by atoms with Crippen LogP contribution in [0, 0.1) is 0 Å². The predicted octanol–water partition coefficient (Wildman–Crippen LogP) is 2.79. The van der Waals surface area contributed by atoms with Gasteiger partial charge in [0, 0.05) is 12.1 Å². The van der Waals surface area contributed by atoms with Crippen LogP contribution in [0.2, 0.25) is 0 Å². The van der Waals surface area contributed by atoms with E-state index in [9.17, 15) is 0 Å². The summed E-state index contributed by atoms with van der Waals surface area (Å²) in [5, 5.41) is 0. The van der Waals surface area contributed by atoms with Crippen molar-refractivity contribution in [3.05, 3.63) is 24.2 Å². The van der Waals surface area contributed by atoms with Crippen LogP contribution in [0.5, 0.6) is 0 Å². The highest BCUT2D eigenvalue weighted by atomic mass is 16.3. The molecule has 1 heterocycles. The summed E-state index contributed by atoms with van der Waals surface area (Å²) in [6, 6.07) is 4.72. The van der Waals surface area contributed by atoms with Crippen molar-refractivity contribution in [2.75, 3.05) is 6.54 Å². The summed E-state index contributed by atoms with van der Waals surface area (Å²) >= 11 is 0. The molecule has 3 nitrogen and oxygen atoms in total. The van der Waals surface area contributed by atoms with Crippen molar-refractivity contribution in [2.24, 2.45) is 5.73 Å². The van der Waals surface area contributed by atoms with Crippen LogP contribution in [-0.4, -0.2) is 23.5 Å². The quantitative estimate of drug-likeness (QED) is 0.808. The van der Waals surface area contributed by atoms with Crippen LogP contribution in [0.15, 0.2) is 22.8 Å². The molecule has 92 valence electrons. The first kappa shape index (κ1) is 13.3. The number of nitrogens with zero attached hydrogens (tertiary/aromatic N) is 1. The summed E-state index contributed by atoms with van der Waals surface area (Å²) in [5.74, 6) is 0.977. The van der Waals surface area contributed by atoms with E-state index >= 15 is 0 Å². The van der Waals surface area contributed by atoms with Crippen LogP contribution in [0.1, 0.15) is 45.9 Å². The molecule has 0 amide bonds. The Morgan fingerprint density at radius 2 is 2.06 bits per heavy atom. The fourth-order valence-electron chi connectivity index (χ4n) is 2.19. The zero-order valence-corrected chi connectivity index (χ0v) is 10.8. The summed E-state index contributed by atoms with van der Waals surface area (Å²) < 4.78 is 5.53. The van der Waals surface area contributed by atoms with E-state index in [1.54, 1.807) is 6.26 Å². The third kappa shape index (κ3) is 2.86. The highest BCUT2D eigenvalue weighted by Gasteiger charge is 2.28. The molecule has 0 radical (unpaired) electrons. The molecule has 0 aliphatic rings. The molecule has 0 bridgehead atoms. The Hall–Kier alpha value is -0.800. The van der Waals surface area contributed by atoms with Gasteiger partial charge in [-0.15, -0.1) is 0 Å². The van der Waals surface area contributed by atoms with Crippen molar-refractivity contribution >= 4 is 0 Å². The lowest BCUT2D eigenvalue weighted by atomic mass is 10.0. The smallest absolute Gasteiger partial charge is 0.122 e. The third-order valence-corrected chi connectivity index (χ3v) is 3.10. The van der Waals surface area contributed by atoms with Gasteiger partial charge in [0.2, 0.25) is 0 Å². The Morgan fingerprint density at radius 3 is 2.44 bits per heavy atom. The Kier molecular flexibility index (Phi) is 5.03. The number of nitrogens with two attached hydrogens (primary N) is 1. The largest absolute Gasteiger partial charge is 0.468 e. The molecule has 2 atom stereocenters. The van der Waals surface area contributed by atoms with Gasteiger partial charge in [-0.1, -0.05) is 13.8 Å². The summed E-state index contributed by atoms with van der Waals surface area (Å²) in [7, 11) is 0. The molecule has 0 fully saturated rings. The second kappa shape index (κ2) is 6.06. The minimum Gasteiger partial charge on any atom is -0.468 e. The highest BCUT2D eigenvalue weighted by molar-refractivity contribution is 5.08. The first-order valence-electron chi connectivity index (χ1n) is 6.16. The van der Waals surface area contributed by atoms with E-state index in [4.69, 9.17) is 10.2 Å². The Labute approximate surface area is 98.6 Å². The van der Waals surface area contributed by atoms with Gasteiger partial charge in [-0.25, -0.2) is 0 Å². The van der Waals surface area contributed by atoms with Gasteiger partial charge in [0.1, 0.15) is 5.76 Å². The highest BCUT2D eigenvalue weighted by Crippen LogP contribution is 2.27. The normalized spacial score (nSPS) is 15.7.